The highest BCUT2D eigenvalue weighted by Gasteiger charge is 2.36. The maximum Gasteiger partial charge on any atom is 0.314 e. The molecule has 1 saturated heterocycles. The molecule has 1 atom stereocenters. The minimum Gasteiger partial charge on any atom is -0.481 e. The maximum atomic E-state index is 10.5. The lowest BCUT2D eigenvalue weighted by atomic mass is 9.87. The van der Waals surface area contributed by atoms with Gasteiger partial charge in [0, 0.05) is 19.0 Å². The number of nitrogens with two attached hydrogens (primary N) is 1. The number of nitrogens with zero attached hydrogens (tertiary/aromatic N) is 1. The first-order valence-electron chi connectivity index (χ1n) is 3.79. The molecule has 0 bridgehead atoms. The Morgan fingerprint density at radius 2 is 2.08 bits per heavy atom. The molecule has 1 fully saturated rings. The first-order valence-corrected chi connectivity index (χ1v) is 3.79. The zero-order chi connectivity index (χ0) is 9.30. The van der Waals surface area contributed by atoms with E-state index in [0.29, 0.717) is 13.1 Å². The van der Waals surface area contributed by atoms with Crippen LogP contribution < -0.4 is 5.73 Å². The van der Waals surface area contributed by atoms with Crippen molar-refractivity contribution in [1.29, 1.82) is 0 Å². The summed E-state index contributed by atoms with van der Waals surface area (Å²) in [6.45, 7) is 2.59. The number of hydrogen-bond acceptors (Lipinski definition) is 2. The van der Waals surface area contributed by atoms with Gasteiger partial charge in [0.25, 0.3) is 0 Å². The molecule has 3 N–H and O–H groups in total. The Hall–Kier alpha value is -1.26. The van der Waals surface area contributed by atoms with Crippen LogP contribution in [0.1, 0.15) is 6.92 Å². The Labute approximate surface area is 70.1 Å². The molecular weight excluding hydrogens is 160 g/mol. The highest BCUT2D eigenvalue weighted by atomic mass is 16.4. The number of aliphatic carboxylic acids is 1. The largest absolute Gasteiger partial charge is 0.481 e. The highest BCUT2D eigenvalue weighted by molar-refractivity contribution is 5.74. The molecule has 1 heterocycles. The van der Waals surface area contributed by atoms with Crippen LogP contribution in [0, 0.1) is 11.8 Å². The summed E-state index contributed by atoms with van der Waals surface area (Å²) < 4.78 is 0. The van der Waals surface area contributed by atoms with Crippen molar-refractivity contribution in [2.45, 2.75) is 6.92 Å². The fourth-order valence-electron chi connectivity index (χ4n) is 1.21. The Bertz CT molecular complexity index is 211. The summed E-state index contributed by atoms with van der Waals surface area (Å²) >= 11 is 0. The van der Waals surface area contributed by atoms with Crippen molar-refractivity contribution < 1.29 is 14.7 Å². The van der Waals surface area contributed by atoms with Gasteiger partial charge in [-0.15, -0.1) is 0 Å². The molecule has 0 aromatic heterocycles. The van der Waals surface area contributed by atoms with Gasteiger partial charge in [-0.1, -0.05) is 6.92 Å². The van der Waals surface area contributed by atoms with Crippen molar-refractivity contribution in [3.63, 3.8) is 0 Å². The lowest BCUT2D eigenvalue weighted by Gasteiger charge is -2.39. The average molecular weight is 172 g/mol. The van der Waals surface area contributed by atoms with Crippen LogP contribution in [0.2, 0.25) is 0 Å². The summed E-state index contributed by atoms with van der Waals surface area (Å²) in [5.41, 5.74) is 4.98. The van der Waals surface area contributed by atoms with E-state index in [0.717, 1.165) is 0 Å². The van der Waals surface area contributed by atoms with E-state index in [1.165, 1.54) is 4.90 Å². The van der Waals surface area contributed by atoms with Gasteiger partial charge in [0.1, 0.15) is 0 Å². The van der Waals surface area contributed by atoms with Crippen LogP contribution in [0.4, 0.5) is 4.79 Å². The van der Waals surface area contributed by atoms with Crippen LogP contribution in [-0.2, 0) is 4.79 Å². The second-order valence-electron chi connectivity index (χ2n) is 3.13. The van der Waals surface area contributed by atoms with Gasteiger partial charge in [-0.25, -0.2) is 4.79 Å². The molecule has 0 spiro atoms. The Kier molecular flexibility index (Phi) is 2.21. The third-order valence-electron chi connectivity index (χ3n) is 2.32. The predicted molar refractivity (Wildman–Crippen MR) is 41.4 cm³/mol. The molecule has 5 heteroatoms. The standard InChI is InChI=1S/C7H12N2O3/c1-4(6(10)11)5-2-9(3-5)7(8)12/h4-5H,2-3H2,1H3,(H2,8,12)(H,10,11). The molecule has 2 amide bonds. The van der Waals surface area contributed by atoms with Crippen molar-refractivity contribution in [3.8, 4) is 0 Å². The van der Waals surface area contributed by atoms with E-state index in [-0.39, 0.29) is 11.8 Å². The molecule has 0 radical (unpaired) electrons. The SMILES string of the molecule is CC(C(=O)O)C1CN(C(N)=O)C1. The molecular formula is C7H12N2O3. The quantitative estimate of drug-likeness (QED) is 0.600. The molecule has 12 heavy (non-hydrogen) atoms. The number of urea groups is 1. The smallest absolute Gasteiger partial charge is 0.314 e. The van der Waals surface area contributed by atoms with Crippen molar-refractivity contribution in [3.05, 3.63) is 0 Å². The lowest BCUT2D eigenvalue weighted by molar-refractivity contribution is -0.144. The number of carbonyl (C=O) groups excluding carboxylic acids is 1. The highest BCUT2D eigenvalue weighted by Crippen LogP contribution is 2.23. The Morgan fingerprint density at radius 3 is 2.42 bits per heavy atom. The number of likely N-dealkylation sites (tertiary alicyclic amines) is 1. The van der Waals surface area contributed by atoms with Crippen LogP contribution in [0.3, 0.4) is 0 Å². The van der Waals surface area contributed by atoms with Gasteiger partial charge in [-0.2, -0.15) is 0 Å². The molecule has 1 unspecified atom stereocenters. The summed E-state index contributed by atoms with van der Waals surface area (Å²) in [5.74, 6) is -1.14. The molecule has 0 aromatic rings. The van der Waals surface area contributed by atoms with E-state index in [9.17, 15) is 9.59 Å². The van der Waals surface area contributed by atoms with E-state index >= 15 is 0 Å². The number of carboxylic acids is 1. The zero-order valence-electron chi connectivity index (χ0n) is 6.86. The average Bonchev–Trinajstić information content (AvgIpc) is 1.82. The number of carboxylic acid groups (broad SMARTS) is 1. The second kappa shape index (κ2) is 3.00. The molecule has 68 valence electrons. The molecule has 1 rings (SSSR count). The number of hydrogen-bond donors (Lipinski definition) is 2. The zero-order valence-corrected chi connectivity index (χ0v) is 6.86. The topological polar surface area (TPSA) is 83.6 Å². The second-order valence-corrected chi connectivity index (χ2v) is 3.13. The third kappa shape index (κ3) is 1.49. The summed E-state index contributed by atoms with van der Waals surface area (Å²) in [7, 11) is 0. The first-order chi connectivity index (χ1) is 5.52. The Morgan fingerprint density at radius 1 is 1.58 bits per heavy atom. The van der Waals surface area contributed by atoms with Gasteiger partial charge >= 0.3 is 12.0 Å². The van der Waals surface area contributed by atoms with E-state index in [1.807, 2.05) is 0 Å². The van der Waals surface area contributed by atoms with E-state index in [2.05, 4.69) is 0 Å². The number of carbonyl (C=O) groups is 2. The monoisotopic (exact) mass is 172 g/mol. The minimum absolute atomic E-state index is 0.0648. The molecule has 0 aliphatic carbocycles. The van der Waals surface area contributed by atoms with Gasteiger partial charge in [0.15, 0.2) is 0 Å². The van der Waals surface area contributed by atoms with Crippen molar-refractivity contribution in [1.82, 2.24) is 4.90 Å². The fourth-order valence-corrected chi connectivity index (χ4v) is 1.21. The maximum absolute atomic E-state index is 10.5. The van der Waals surface area contributed by atoms with Gasteiger partial charge in [0.05, 0.1) is 5.92 Å². The molecule has 1 aliphatic rings. The van der Waals surface area contributed by atoms with E-state index in [1.54, 1.807) is 6.92 Å². The predicted octanol–water partition coefficient (Wildman–Crippen LogP) is -0.282. The van der Waals surface area contributed by atoms with Gasteiger partial charge < -0.3 is 15.7 Å². The minimum atomic E-state index is -0.816. The number of primary amides is 1. The van der Waals surface area contributed by atoms with Crippen LogP contribution in [0.25, 0.3) is 0 Å². The fraction of sp³-hybridized carbons (Fsp3) is 0.714. The Balaban J connectivity index is 2.34. The normalized spacial score (nSPS) is 19.9. The van der Waals surface area contributed by atoms with Crippen molar-refractivity contribution >= 4 is 12.0 Å². The van der Waals surface area contributed by atoms with Gasteiger partial charge in [0.2, 0.25) is 0 Å². The van der Waals surface area contributed by atoms with Crippen LogP contribution in [0.15, 0.2) is 0 Å². The molecule has 5 nitrogen and oxygen atoms in total. The van der Waals surface area contributed by atoms with Crippen molar-refractivity contribution in [2.24, 2.45) is 17.6 Å². The lowest BCUT2D eigenvalue weighted by Crippen LogP contribution is -2.55. The summed E-state index contributed by atoms with van der Waals surface area (Å²) in [6.07, 6.45) is 0. The van der Waals surface area contributed by atoms with Crippen LogP contribution in [0.5, 0.6) is 0 Å². The molecule has 1 aliphatic heterocycles. The summed E-state index contributed by atoms with van der Waals surface area (Å²) in [6, 6.07) is -0.469. The van der Waals surface area contributed by atoms with E-state index < -0.39 is 12.0 Å². The van der Waals surface area contributed by atoms with Crippen LogP contribution in [-0.4, -0.2) is 35.1 Å². The van der Waals surface area contributed by atoms with Gasteiger partial charge in [-0.05, 0) is 0 Å². The van der Waals surface area contributed by atoms with Crippen molar-refractivity contribution in [2.75, 3.05) is 13.1 Å². The third-order valence-corrected chi connectivity index (χ3v) is 2.32. The summed E-state index contributed by atoms with van der Waals surface area (Å²) in [5, 5.41) is 8.61. The number of rotatable bonds is 2. The summed E-state index contributed by atoms with van der Waals surface area (Å²) in [4.78, 5) is 22.4. The molecule has 0 aromatic carbocycles. The van der Waals surface area contributed by atoms with Gasteiger partial charge in [-0.3, -0.25) is 4.79 Å². The van der Waals surface area contributed by atoms with Crippen LogP contribution >= 0.6 is 0 Å². The first kappa shape index (κ1) is 8.83. The molecule has 0 saturated carbocycles. The number of amides is 2. The van der Waals surface area contributed by atoms with E-state index in [4.69, 9.17) is 10.8 Å².